The number of piperidine rings is 1. The molecule has 0 amide bonds. The minimum absolute atomic E-state index is 0.154. The first-order valence-corrected chi connectivity index (χ1v) is 7.16. The van der Waals surface area contributed by atoms with Gasteiger partial charge in [-0.3, -0.25) is 10.1 Å². The van der Waals surface area contributed by atoms with Crippen LogP contribution in [0.5, 0.6) is 0 Å². The van der Waals surface area contributed by atoms with E-state index >= 15 is 0 Å². The quantitative estimate of drug-likeness (QED) is 0.651. The molecular formula is C13H23N5O2. The first-order chi connectivity index (χ1) is 9.54. The zero-order chi connectivity index (χ0) is 14.7. The lowest BCUT2D eigenvalue weighted by Gasteiger charge is -2.28. The summed E-state index contributed by atoms with van der Waals surface area (Å²) < 4.78 is 1.63. The van der Waals surface area contributed by atoms with Crippen molar-refractivity contribution in [3.63, 3.8) is 0 Å². The Morgan fingerprint density at radius 3 is 2.90 bits per heavy atom. The number of nitro groups is 1. The van der Waals surface area contributed by atoms with E-state index in [2.05, 4.69) is 10.4 Å². The van der Waals surface area contributed by atoms with Gasteiger partial charge in [-0.2, -0.15) is 5.10 Å². The van der Waals surface area contributed by atoms with Gasteiger partial charge in [-0.15, -0.1) is 0 Å². The molecule has 7 heteroatoms. The van der Waals surface area contributed by atoms with E-state index in [0.29, 0.717) is 23.9 Å². The molecule has 0 spiro atoms. The summed E-state index contributed by atoms with van der Waals surface area (Å²) in [6.45, 7) is 4.77. The summed E-state index contributed by atoms with van der Waals surface area (Å²) in [5.41, 5.74) is 0.711. The van der Waals surface area contributed by atoms with Crippen molar-refractivity contribution >= 4 is 11.5 Å². The number of anilines is 1. The van der Waals surface area contributed by atoms with Gasteiger partial charge in [0.1, 0.15) is 5.69 Å². The second kappa shape index (κ2) is 6.21. The van der Waals surface area contributed by atoms with Crippen LogP contribution in [0.15, 0.2) is 0 Å². The van der Waals surface area contributed by atoms with Crippen LogP contribution in [0.4, 0.5) is 11.5 Å². The summed E-state index contributed by atoms with van der Waals surface area (Å²) in [5, 5.41) is 19.0. The minimum atomic E-state index is -0.309. The van der Waals surface area contributed by atoms with Crippen LogP contribution in [-0.4, -0.2) is 41.4 Å². The van der Waals surface area contributed by atoms with Crippen molar-refractivity contribution in [3.8, 4) is 0 Å². The third-order valence-corrected chi connectivity index (χ3v) is 3.87. The van der Waals surface area contributed by atoms with Crippen LogP contribution in [0.25, 0.3) is 0 Å². The summed E-state index contributed by atoms with van der Waals surface area (Å²) >= 11 is 0. The largest absolute Gasteiger partial charge is 0.354 e. The smallest absolute Gasteiger partial charge is 0.334 e. The molecule has 0 aliphatic carbocycles. The number of rotatable bonds is 5. The van der Waals surface area contributed by atoms with Gasteiger partial charge >= 0.3 is 5.69 Å². The maximum Gasteiger partial charge on any atom is 0.334 e. The van der Waals surface area contributed by atoms with E-state index in [9.17, 15) is 10.1 Å². The summed E-state index contributed by atoms with van der Waals surface area (Å²) in [7, 11) is 3.69. The highest BCUT2D eigenvalue weighted by molar-refractivity contribution is 5.61. The lowest BCUT2D eigenvalue weighted by Crippen LogP contribution is -2.37. The van der Waals surface area contributed by atoms with Crippen LogP contribution in [0.1, 0.15) is 25.5 Å². The van der Waals surface area contributed by atoms with Crippen LogP contribution < -0.4 is 10.2 Å². The molecule has 1 aromatic heterocycles. The maximum atomic E-state index is 11.3. The van der Waals surface area contributed by atoms with Crippen LogP contribution in [0.2, 0.25) is 0 Å². The molecule has 1 aliphatic rings. The Hall–Kier alpha value is -1.63. The first kappa shape index (κ1) is 14.8. The fraction of sp³-hybridized carbons (Fsp3) is 0.769. The monoisotopic (exact) mass is 281 g/mol. The van der Waals surface area contributed by atoms with Gasteiger partial charge in [0.05, 0.1) is 4.92 Å². The number of aryl methyl sites for hydroxylation is 2. The molecule has 2 rings (SSSR count). The molecule has 1 N–H and O–H groups in total. The molecule has 0 bridgehead atoms. The van der Waals surface area contributed by atoms with Gasteiger partial charge in [0.15, 0.2) is 0 Å². The van der Waals surface area contributed by atoms with Gasteiger partial charge in [-0.1, -0.05) is 6.92 Å². The molecule has 1 saturated heterocycles. The van der Waals surface area contributed by atoms with E-state index in [0.717, 1.165) is 19.6 Å². The SMILES string of the molecule is CCc1nn(C)c(N(C)CC2CCCNC2)c1[N+](=O)[O-]. The summed E-state index contributed by atoms with van der Waals surface area (Å²) in [6, 6.07) is 0. The summed E-state index contributed by atoms with van der Waals surface area (Å²) in [6.07, 6.45) is 2.92. The average Bonchev–Trinajstić information content (AvgIpc) is 2.77. The predicted octanol–water partition coefficient (Wildman–Crippen LogP) is 1.33. The number of nitrogens with one attached hydrogen (secondary N) is 1. The van der Waals surface area contributed by atoms with Crippen molar-refractivity contribution in [1.82, 2.24) is 15.1 Å². The predicted molar refractivity (Wildman–Crippen MR) is 78.1 cm³/mol. The molecule has 20 heavy (non-hydrogen) atoms. The molecule has 0 radical (unpaired) electrons. The van der Waals surface area contributed by atoms with E-state index in [4.69, 9.17) is 0 Å². The molecule has 0 saturated carbocycles. The second-order valence-corrected chi connectivity index (χ2v) is 5.45. The molecule has 7 nitrogen and oxygen atoms in total. The van der Waals surface area contributed by atoms with E-state index in [1.807, 2.05) is 18.9 Å². The highest BCUT2D eigenvalue weighted by Crippen LogP contribution is 2.31. The standard InChI is InChI=1S/C13H23N5O2/c1-4-11-12(18(19)20)13(17(3)15-11)16(2)9-10-6-5-7-14-8-10/h10,14H,4-9H2,1-3H3. The minimum Gasteiger partial charge on any atom is -0.354 e. The third kappa shape index (κ3) is 2.92. The molecule has 1 fully saturated rings. The Bertz CT molecular complexity index is 479. The van der Waals surface area contributed by atoms with Crippen molar-refractivity contribution in [1.29, 1.82) is 0 Å². The molecule has 1 atom stereocenters. The summed E-state index contributed by atoms with van der Waals surface area (Å²) in [4.78, 5) is 13.0. The van der Waals surface area contributed by atoms with Gasteiger partial charge in [-0.05, 0) is 38.3 Å². The molecule has 1 aromatic rings. The first-order valence-electron chi connectivity index (χ1n) is 7.16. The van der Waals surface area contributed by atoms with Crippen molar-refractivity contribution in [2.45, 2.75) is 26.2 Å². The van der Waals surface area contributed by atoms with E-state index in [-0.39, 0.29) is 10.6 Å². The molecule has 1 aliphatic heterocycles. The van der Waals surface area contributed by atoms with Crippen molar-refractivity contribution in [3.05, 3.63) is 15.8 Å². The Morgan fingerprint density at radius 2 is 2.35 bits per heavy atom. The van der Waals surface area contributed by atoms with E-state index in [1.165, 1.54) is 12.8 Å². The van der Waals surface area contributed by atoms with Gasteiger partial charge in [-0.25, -0.2) is 4.68 Å². The van der Waals surface area contributed by atoms with Gasteiger partial charge in [0.25, 0.3) is 0 Å². The molecule has 112 valence electrons. The molecule has 2 heterocycles. The Labute approximate surface area is 119 Å². The van der Waals surface area contributed by atoms with E-state index < -0.39 is 0 Å². The highest BCUT2D eigenvalue weighted by Gasteiger charge is 2.29. The maximum absolute atomic E-state index is 11.3. The molecule has 0 aromatic carbocycles. The fourth-order valence-electron chi connectivity index (χ4n) is 2.96. The Kier molecular flexibility index (Phi) is 4.59. The van der Waals surface area contributed by atoms with Crippen molar-refractivity contribution < 1.29 is 4.92 Å². The summed E-state index contributed by atoms with van der Waals surface area (Å²) in [5.74, 6) is 1.14. The van der Waals surface area contributed by atoms with Crippen molar-refractivity contribution in [2.24, 2.45) is 13.0 Å². The number of hydrogen-bond donors (Lipinski definition) is 1. The number of aromatic nitrogens is 2. The molecular weight excluding hydrogens is 258 g/mol. The van der Waals surface area contributed by atoms with Gasteiger partial charge in [0, 0.05) is 20.6 Å². The van der Waals surface area contributed by atoms with Crippen LogP contribution in [0.3, 0.4) is 0 Å². The zero-order valence-electron chi connectivity index (χ0n) is 12.4. The van der Waals surface area contributed by atoms with E-state index in [1.54, 1.807) is 11.7 Å². The van der Waals surface area contributed by atoms with Crippen LogP contribution in [-0.2, 0) is 13.5 Å². The Morgan fingerprint density at radius 1 is 1.60 bits per heavy atom. The Balaban J connectivity index is 2.21. The van der Waals surface area contributed by atoms with Gasteiger partial charge in [0.2, 0.25) is 5.82 Å². The van der Waals surface area contributed by atoms with Crippen LogP contribution >= 0.6 is 0 Å². The van der Waals surface area contributed by atoms with Crippen LogP contribution in [0, 0.1) is 16.0 Å². The third-order valence-electron chi connectivity index (χ3n) is 3.87. The number of nitrogens with zero attached hydrogens (tertiary/aromatic N) is 4. The average molecular weight is 281 g/mol. The number of hydrogen-bond acceptors (Lipinski definition) is 5. The normalized spacial score (nSPS) is 19.1. The second-order valence-electron chi connectivity index (χ2n) is 5.45. The fourth-order valence-corrected chi connectivity index (χ4v) is 2.96. The topological polar surface area (TPSA) is 76.2 Å². The lowest BCUT2D eigenvalue weighted by molar-refractivity contribution is -0.384. The van der Waals surface area contributed by atoms with Gasteiger partial charge < -0.3 is 10.2 Å². The zero-order valence-corrected chi connectivity index (χ0v) is 12.4. The van der Waals surface area contributed by atoms with Crippen molar-refractivity contribution in [2.75, 3.05) is 31.6 Å². The highest BCUT2D eigenvalue weighted by atomic mass is 16.6. The lowest BCUT2D eigenvalue weighted by atomic mass is 9.99. The molecule has 1 unspecified atom stereocenters.